The minimum Gasteiger partial charge on any atom is -0.384 e. The lowest BCUT2D eigenvalue weighted by Gasteiger charge is -2.18. The van der Waals surface area contributed by atoms with E-state index in [1.54, 1.807) is 19.3 Å². The average molecular weight is 177 g/mol. The molecule has 13 heavy (non-hydrogen) atoms. The van der Waals surface area contributed by atoms with Crippen LogP contribution in [0.2, 0.25) is 0 Å². The van der Waals surface area contributed by atoms with Crippen molar-refractivity contribution in [2.75, 3.05) is 12.8 Å². The molecule has 1 rings (SSSR count). The quantitative estimate of drug-likeness (QED) is 0.698. The number of pyridine rings is 1. The lowest BCUT2D eigenvalue weighted by Crippen LogP contribution is -2.19. The van der Waals surface area contributed by atoms with E-state index in [0.717, 1.165) is 5.56 Å². The van der Waals surface area contributed by atoms with Crippen molar-refractivity contribution in [3.8, 4) is 0 Å². The summed E-state index contributed by atoms with van der Waals surface area (Å²) in [5.41, 5.74) is 6.54. The second kappa shape index (κ2) is 3.56. The summed E-state index contributed by atoms with van der Waals surface area (Å²) in [5, 5.41) is 0. The number of rotatable bonds is 2. The molecule has 0 spiro atoms. The highest BCUT2D eigenvalue weighted by molar-refractivity contribution is 5.72. The third-order valence-electron chi connectivity index (χ3n) is 1.98. The van der Waals surface area contributed by atoms with Crippen LogP contribution in [-0.4, -0.2) is 18.2 Å². The predicted molar refractivity (Wildman–Crippen MR) is 56.1 cm³/mol. The highest BCUT2D eigenvalue weighted by Crippen LogP contribution is 2.20. The molecule has 0 fully saturated rings. The van der Waals surface area contributed by atoms with Crippen LogP contribution >= 0.6 is 0 Å². The number of hydrogen-bond donors (Lipinski definition) is 1. The number of aromatic nitrogens is 1. The first-order chi connectivity index (χ1) is 6.06. The molecular weight excluding hydrogens is 162 g/mol. The van der Waals surface area contributed by atoms with Gasteiger partial charge in [-0.2, -0.15) is 0 Å². The van der Waals surface area contributed by atoms with Crippen LogP contribution in [0.1, 0.15) is 19.4 Å². The molecule has 0 aliphatic rings. The molecule has 0 bridgehead atoms. The Morgan fingerprint density at radius 1 is 1.46 bits per heavy atom. The fraction of sp³-hybridized carbons (Fsp3) is 0.400. The summed E-state index contributed by atoms with van der Waals surface area (Å²) >= 11 is 0. The number of nitrogens with zero attached hydrogens (tertiary/aromatic N) is 2. The van der Waals surface area contributed by atoms with Crippen molar-refractivity contribution >= 4 is 12.0 Å². The minimum atomic E-state index is -0.0740. The van der Waals surface area contributed by atoms with Crippen LogP contribution in [-0.2, 0) is 5.41 Å². The summed E-state index contributed by atoms with van der Waals surface area (Å²) in [6.07, 6.45) is 3.69. The number of nitrogen functional groups attached to an aromatic ring is 1. The van der Waals surface area contributed by atoms with E-state index in [2.05, 4.69) is 23.8 Å². The third-order valence-corrected chi connectivity index (χ3v) is 1.98. The van der Waals surface area contributed by atoms with Gasteiger partial charge in [0.2, 0.25) is 0 Å². The van der Waals surface area contributed by atoms with Gasteiger partial charge in [0.1, 0.15) is 5.82 Å². The van der Waals surface area contributed by atoms with Crippen LogP contribution in [0.5, 0.6) is 0 Å². The summed E-state index contributed by atoms with van der Waals surface area (Å²) in [7, 11) is 1.77. The van der Waals surface area contributed by atoms with Gasteiger partial charge < -0.3 is 5.73 Å². The molecule has 0 saturated carbocycles. The van der Waals surface area contributed by atoms with E-state index in [9.17, 15) is 0 Å². The van der Waals surface area contributed by atoms with Crippen LogP contribution in [0.25, 0.3) is 0 Å². The van der Waals surface area contributed by atoms with Crippen molar-refractivity contribution in [1.82, 2.24) is 4.98 Å². The van der Waals surface area contributed by atoms with Crippen molar-refractivity contribution in [1.29, 1.82) is 0 Å². The molecule has 0 saturated heterocycles. The molecule has 2 N–H and O–H groups in total. The maximum absolute atomic E-state index is 5.50. The Morgan fingerprint density at radius 2 is 2.15 bits per heavy atom. The Balaban J connectivity index is 3.00. The molecule has 70 valence electrons. The highest BCUT2D eigenvalue weighted by Gasteiger charge is 2.17. The van der Waals surface area contributed by atoms with E-state index in [4.69, 9.17) is 5.73 Å². The maximum Gasteiger partial charge on any atom is 0.123 e. The van der Waals surface area contributed by atoms with Crippen LogP contribution < -0.4 is 5.73 Å². The molecule has 0 aliphatic carbocycles. The standard InChI is InChI=1S/C10H15N3/c1-10(2,7-12-3)8-4-5-9(11)13-6-8/h4-7H,1-3H3,(H2,11,13)/b12-7-. The topological polar surface area (TPSA) is 51.3 Å². The van der Waals surface area contributed by atoms with E-state index in [0.29, 0.717) is 5.82 Å². The van der Waals surface area contributed by atoms with Gasteiger partial charge in [-0.05, 0) is 11.6 Å². The fourth-order valence-electron chi connectivity index (χ4n) is 1.18. The second-order valence-corrected chi connectivity index (χ2v) is 3.58. The van der Waals surface area contributed by atoms with Gasteiger partial charge in [-0.25, -0.2) is 4.98 Å². The van der Waals surface area contributed by atoms with E-state index in [1.807, 2.05) is 12.3 Å². The van der Waals surface area contributed by atoms with Crippen LogP contribution in [0.15, 0.2) is 23.3 Å². The molecular formula is C10H15N3. The Labute approximate surface area is 78.7 Å². The Morgan fingerprint density at radius 3 is 2.62 bits per heavy atom. The summed E-state index contributed by atoms with van der Waals surface area (Å²) in [6, 6.07) is 3.78. The highest BCUT2D eigenvalue weighted by atomic mass is 14.8. The monoisotopic (exact) mass is 177 g/mol. The van der Waals surface area contributed by atoms with Gasteiger partial charge in [0.25, 0.3) is 0 Å². The lowest BCUT2D eigenvalue weighted by atomic mass is 9.87. The van der Waals surface area contributed by atoms with Crippen molar-refractivity contribution in [3.63, 3.8) is 0 Å². The van der Waals surface area contributed by atoms with Crippen molar-refractivity contribution in [2.24, 2.45) is 4.99 Å². The molecule has 0 aromatic carbocycles. The largest absolute Gasteiger partial charge is 0.384 e. The van der Waals surface area contributed by atoms with E-state index < -0.39 is 0 Å². The van der Waals surface area contributed by atoms with Gasteiger partial charge in [-0.3, -0.25) is 4.99 Å². The first-order valence-electron chi connectivity index (χ1n) is 4.21. The van der Waals surface area contributed by atoms with Crippen molar-refractivity contribution in [3.05, 3.63) is 23.9 Å². The number of hydrogen-bond acceptors (Lipinski definition) is 3. The second-order valence-electron chi connectivity index (χ2n) is 3.58. The molecule has 0 unspecified atom stereocenters. The van der Waals surface area contributed by atoms with Gasteiger partial charge in [-0.15, -0.1) is 0 Å². The van der Waals surface area contributed by atoms with Gasteiger partial charge in [0.05, 0.1) is 0 Å². The molecule has 0 atom stereocenters. The Hall–Kier alpha value is -1.38. The fourth-order valence-corrected chi connectivity index (χ4v) is 1.18. The zero-order chi connectivity index (χ0) is 9.90. The van der Waals surface area contributed by atoms with Gasteiger partial charge in [0.15, 0.2) is 0 Å². The number of anilines is 1. The van der Waals surface area contributed by atoms with Gasteiger partial charge in [-0.1, -0.05) is 19.9 Å². The first kappa shape index (κ1) is 9.71. The summed E-state index contributed by atoms with van der Waals surface area (Å²) < 4.78 is 0. The molecule has 1 aromatic rings. The molecule has 1 heterocycles. The molecule has 0 amide bonds. The molecule has 3 nitrogen and oxygen atoms in total. The summed E-state index contributed by atoms with van der Waals surface area (Å²) in [4.78, 5) is 8.07. The number of aliphatic imine (C=N–C) groups is 1. The summed E-state index contributed by atoms with van der Waals surface area (Å²) in [6.45, 7) is 4.18. The maximum atomic E-state index is 5.50. The SMILES string of the molecule is C/N=C\C(C)(C)c1ccc(N)nc1. The van der Waals surface area contributed by atoms with Crippen LogP contribution in [0.4, 0.5) is 5.82 Å². The van der Waals surface area contributed by atoms with Crippen molar-refractivity contribution < 1.29 is 0 Å². The summed E-state index contributed by atoms with van der Waals surface area (Å²) in [5.74, 6) is 0.549. The number of nitrogens with two attached hydrogens (primary N) is 1. The normalized spacial score (nSPS) is 12.2. The Kier molecular flexibility index (Phi) is 2.66. The molecule has 3 heteroatoms. The third kappa shape index (κ3) is 2.28. The van der Waals surface area contributed by atoms with E-state index >= 15 is 0 Å². The van der Waals surface area contributed by atoms with Crippen molar-refractivity contribution in [2.45, 2.75) is 19.3 Å². The molecule has 0 aliphatic heterocycles. The Bertz CT molecular complexity index is 298. The van der Waals surface area contributed by atoms with Gasteiger partial charge in [0, 0.05) is 24.9 Å². The minimum absolute atomic E-state index is 0.0740. The van der Waals surface area contributed by atoms with Crippen LogP contribution in [0, 0.1) is 0 Å². The smallest absolute Gasteiger partial charge is 0.123 e. The zero-order valence-corrected chi connectivity index (χ0v) is 8.28. The lowest BCUT2D eigenvalue weighted by molar-refractivity contribution is 0.729. The molecule has 1 aromatic heterocycles. The van der Waals surface area contributed by atoms with Crippen LogP contribution in [0.3, 0.4) is 0 Å². The van der Waals surface area contributed by atoms with E-state index in [-0.39, 0.29) is 5.41 Å². The first-order valence-corrected chi connectivity index (χ1v) is 4.21. The molecule has 0 radical (unpaired) electrons. The average Bonchev–Trinajstić information content (AvgIpc) is 2.05. The van der Waals surface area contributed by atoms with Gasteiger partial charge >= 0.3 is 0 Å². The van der Waals surface area contributed by atoms with E-state index in [1.165, 1.54) is 0 Å². The predicted octanol–water partition coefficient (Wildman–Crippen LogP) is 1.64. The zero-order valence-electron chi connectivity index (χ0n) is 8.28.